The summed E-state index contributed by atoms with van der Waals surface area (Å²) < 4.78 is 15.9. The van der Waals surface area contributed by atoms with Gasteiger partial charge in [-0.2, -0.15) is 5.26 Å². The summed E-state index contributed by atoms with van der Waals surface area (Å²) in [5, 5.41) is 11.7. The SMILES string of the molecule is COc1cccc(C#N)c1NC(=O)COCC1CCCO1. The van der Waals surface area contributed by atoms with E-state index in [0.29, 0.717) is 23.6 Å². The largest absolute Gasteiger partial charge is 0.495 e. The molecule has 1 heterocycles. The van der Waals surface area contributed by atoms with Crippen LogP contribution in [0.2, 0.25) is 0 Å². The molecule has 1 aromatic carbocycles. The maximum absolute atomic E-state index is 11.9. The Bertz CT molecular complexity index is 533. The molecule has 6 nitrogen and oxygen atoms in total. The number of carbonyl (C=O) groups is 1. The van der Waals surface area contributed by atoms with E-state index in [9.17, 15) is 4.79 Å². The van der Waals surface area contributed by atoms with Crippen LogP contribution in [0.3, 0.4) is 0 Å². The van der Waals surface area contributed by atoms with E-state index < -0.39 is 0 Å². The first-order chi connectivity index (χ1) is 10.2. The van der Waals surface area contributed by atoms with Gasteiger partial charge in [-0.05, 0) is 25.0 Å². The van der Waals surface area contributed by atoms with Gasteiger partial charge in [0.1, 0.15) is 24.1 Å². The summed E-state index contributed by atoms with van der Waals surface area (Å²) in [6.07, 6.45) is 2.08. The average Bonchev–Trinajstić information content (AvgIpc) is 3.00. The lowest BCUT2D eigenvalue weighted by atomic mass is 10.2. The van der Waals surface area contributed by atoms with Gasteiger partial charge in [-0.25, -0.2) is 0 Å². The van der Waals surface area contributed by atoms with Gasteiger partial charge >= 0.3 is 0 Å². The van der Waals surface area contributed by atoms with Crippen LogP contribution in [-0.4, -0.2) is 38.9 Å². The molecule has 21 heavy (non-hydrogen) atoms. The third kappa shape index (κ3) is 4.18. The summed E-state index contributed by atoms with van der Waals surface area (Å²) in [6, 6.07) is 7.02. The molecule has 1 aliphatic rings. The molecule has 1 N–H and O–H groups in total. The first-order valence-corrected chi connectivity index (χ1v) is 6.81. The predicted octanol–water partition coefficient (Wildman–Crippen LogP) is 1.70. The summed E-state index contributed by atoms with van der Waals surface area (Å²) in [5.74, 6) is 0.121. The molecule has 0 radical (unpaired) electrons. The van der Waals surface area contributed by atoms with Gasteiger partial charge in [0.2, 0.25) is 0 Å². The lowest BCUT2D eigenvalue weighted by Gasteiger charge is -2.13. The minimum Gasteiger partial charge on any atom is -0.495 e. The summed E-state index contributed by atoms with van der Waals surface area (Å²) >= 11 is 0. The summed E-state index contributed by atoms with van der Waals surface area (Å²) in [7, 11) is 1.49. The second kappa shape index (κ2) is 7.62. The molecule has 1 aliphatic heterocycles. The standard InChI is InChI=1S/C15H18N2O4/c1-19-13-6-2-4-11(8-16)15(13)17-14(18)10-20-9-12-5-3-7-21-12/h2,4,6,12H,3,5,7,9-10H2,1H3,(H,17,18). The van der Waals surface area contributed by atoms with E-state index >= 15 is 0 Å². The molecule has 1 saturated heterocycles. The molecular formula is C15H18N2O4. The maximum atomic E-state index is 11.9. The van der Waals surface area contributed by atoms with Crippen LogP contribution < -0.4 is 10.1 Å². The topological polar surface area (TPSA) is 80.6 Å². The number of benzene rings is 1. The number of methoxy groups -OCH3 is 1. The zero-order chi connectivity index (χ0) is 15.1. The Morgan fingerprint density at radius 1 is 1.57 bits per heavy atom. The zero-order valence-corrected chi connectivity index (χ0v) is 11.9. The van der Waals surface area contributed by atoms with Crippen molar-refractivity contribution in [3.63, 3.8) is 0 Å². The Balaban J connectivity index is 1.88. The van der Waals surface area contributed by atoms with E-state index in [1.54, 1.807) is 18.2 Å². The summed E-state index contributed by atoms with van der Waals surface area (Å²) in [4.78, 5) is 11.9. The highest BCUT2D eigenvalue weighted by Crippen LogP contribution is 2.27. The lowest BCUT2D eigenvalue weighted by Crippen LogP contribution is -2.23. The minimum absolute atomic E-state index is 0.0806. The van der Waals surface area contributed by atoms with E-state index in [2.05, 4.69) is 5.32 Å². The summed E-state index contributed by atoms with van der Waals surface area (Å²) in [5.41, 5.74) is 0.718. The molecule has 1 amide bonds. The lowest BCUT2D eigenvalue weighted by molar-refractivity contribution is -0.121. The van der Waals surface area contributed by atoms with Crippen LogP contribution in [0, 0.1) is 11.3 Å². The van der Waals surface area contributed by atoms with Crippen LogP contribution >= 0.6 is 0 Å². The average molecular weight is 290 g/mol. The van der Waals surface area contributed by atoms with Crippen molar-refractivity contribution in [3.05, 3.63) is 23.8 Å². The summed E-state index contributed by atoms with van der Waals surface area (Å²) in [6.45, 7) is 1.08. The highest BCUT2D eigenvalue weighted by molar-refractivity contribution is 5.94. The van der Waals surface area contributed by atoms with Crippen molar-refractivity contribution in [3.8, 4) is 11.8 Å². The Hall–Kier alpha value is -2.10. The number of para-hydroxylation sites is 1. The molecule has 0 bridgehead atoms. The molecule has 1 atom stereocenters. The first kappa shape index (κ1) is 15.3. The second-order valence-corrected chi connectivity index (χ2v) is 4.69. The quantitative estimate of drug-likeness (QED) is 0.862. The number of hydrogen-bond acceptors (Lipinski definition) is 5. The molecule has 1 aromatic rings. The predicted molar refractivity (Wildman–Crippen MR) is 76.1 cm³/mol. The van der Waals surface area contributed by atoms with Gasteiger partial charge in [0, 0.05) is 6.61 Å². The van der Waals surface area contributed by atoms with Gasteiger partial charge in [-0.3, -0.25) is 4.79 Å². The van der Waals surface area contributed by atoms with Gasteiger partial charge < -0.3 is 19.5 Å². The van der Waals surface area contributed by atoms with Gasteiger partial charge in [0.05, 0.1) is 25.4 Å². The number of hydrogen-bond donors (Lipinski definition) is 1. The van der Waals surface area contributed by atoms with Crippen molar-refractivity contribution in [2.75, 3.05) is 32.2 Å². The highest BCUT2D eigenvalue weighted by Gasteiger charge is 2.17. The molecule has 0 spiro atoms. The van der Waals surface area contributed by atoms with Crippen LogP contribution in [0.25, 0.3) is 0 Å². The minimum atomic E-state index is -0.325. The molecule has 112 valence electrons. The van der Waals surface area contributed by atoms with Crippen molar-refractivity contribution < 1.29 is 19.0 Å². The van der Waals surface area contributed by atoms with E-state index in [1.165, 1.54) is 7.11 Å². The molecule has 0 aliphatic carbocycles. The van der Waals surface area contributed by atoms with E-state index in [4.69, 9.17) is 19.5 Å². The van der Waals surface area contributed by atoms with Crippen molar-refractivity contribution in [1.29, 1.82) is 5.26 Å². The Kier molecular flexibility index (Phi) is 5.55. The molecule has 0 saturated carbocycles. The second-order valence-electron chi connectivity index (χ2n) is 4.69. The van der Waals surface area contributed by atoms with Crippen molar-refractivity contribution in [2.45, 2.75) is 18.9 Å². The van der Waals surface area contributed by atoms with Gasteiger partial charge in [-0.1, -0.05) is 6.07 Å². The van der Waals surface area contributed by atoms with Crippen LogP contribution in [0.5, 0.6) is 5.75 Å². The van der Waals surface area contributed by atoms with E-state index in [0.717, 1.165) is 19.4 Å². The van der Waals surface area contributed by atoms with Crippen LogP contribution in [0.4, 0.5) is 5.69 Å². The van der Waals surface area contributed by atoms with Crippen molar-refractivity contribution in [1.82, 2.24) is 0 Å². The number of nitriles is 1. The smallest absolute Gasteiger partial charge is 0.250 e. The number of ether oxygens (including phenoxy) is 3. The molecule has 1 fully saturated rings. The van der Waals surface area contributed by atoms with Gasteiger partial charge in [-0.15, -0.1) is 0 Å². The van der Waals surface area contributed by atoms with Gasteiger partial charge in [0.15, 0.2) is 0 Å². The normalized spacial score (nSPS) is 17.2. The Morgan fingerprint density at radius 3 is 3.10 bits per heavy atom. The molecular weight excluding hydrogens is 272 g/mol. The highest BCUT2D eigenvalue weighted by atomic mass is 16.5. The third-order valence-corrected chi connectivity index (χ3v) is 3.19. The number of anilines is 1. The van der Waals surface area contributed by atoms with Crippen LogP contribution in [-0.2, 0) is 14.3 Å². The third-order valence-electron chi connectivity index (χ3n) is 3.19. The fourth-order valence-electron chi connectivity index (χ4n) is 2.16. The monoisotopic (exact) mass is 290 g/mol. The van der Waals surface area contributed by atoms with Crippen molar-refractivity contribution in [2.24, 2.45) is 0 Å². The Labute approximate surface area is 123 Å². The van der Waals surface area contributed by atoms with E-state index in [-0.39, 0.29) is 18.6 Å². The number of carbonyl (C=O) groups excluding carboxylic acids is 1. The molecule has 6 heteroatoms. The number of nitrogens with zero attached hydrogens (tertiary/aromatic N) is 1. The van der Waals surface area contributed by atoms with Crippen molar-refractivity contribution >= 4 is 11.6 Å². The number of rotatable bonds is 6. The number of nitrogens with one attached hydrogen (secondary N) is 1. The van der Waals surface area contributed by atoms with Crippen LogP contribution in [0.15, 0.2) is 18.2 Å². The maximum Gasteiger partial charge on any atom is 0.250 e. The Morgan fingerprint density at radius 2 is 2.43 bits per heavy atom. The van der Waals surface area contributed by atoms with Crippen LogP contribution in [0.1, 0.15) is 18.4 Å². The molecule has 2 rings (SSSR count). The fourth-order valence-corrected chi connectivity index (χ4v) is 2.16. The van der Waals surface area contributed by atoms with E-state index in [1.807, 2.05) is 6.07 Å². The molecule has 1 unspecified atom stereocenters. The molecule has 0 aromatic heterocycles. The van der Waals surface area contributed by atoms with Gasteiger partial charge in [0.25, 0.3) is 5.91 Å². The first-order valence-electron chi connectivity index (χ1n) is 6.81. The number of amides is 1. The fraction of sp³-hybridized carbons (Fsp3) is 0.467. The zero-order valence-electron chi connectivity index (χ0n) is 11.9.